The molecule has 0 unspecified atom stereocenters. The molecule has 0 bridgehead atoms. The summed E-state index contributed by atoms with van der Waals surface area (Å²) in [6.07, 6.45) is 0. The predicted molar refractivity (Wildman–Crippen MR) is 118 cm³/mol. The highest BCUT2D eigenvalue weighted by Gasteiger charge is 2.25. The Morgan fingerprint density at radius 1 is 0.767 bits per heavy atom. The summed E-state index contributed by atoms with van der Waals surface area (Å²) in [4.78, 5) is 0. The molecule has 152 valence electrons. The van der Waals surface area contributed by atoms with Crippen LogP contribution >= 0.6 is 7.59 Å². The summed E-state index contributed by atoms with van der Waals surface area (Å²) < 4.78 is 24.5. The molecule has 0 aliphatic carbocycles. The smallest absolute Gasteiger partial charge is 0.356 e. The first-order chi connectivity index (χ1) is 14.6. The lowest BCUT2D eigenvalue weighted by Crippen LogP contribution is -2.14. The molecule has 30 heavy (non-hydrogen) atoms. The number of nitrogens with zero attached hydrogens (tertiary/aromatic N) is 2. The van der Waals surface area contributed by atoms with Crippen molar-refractivity contribution in [2.24, 2.45) is 0 Å². The third kappa shape index (κ3) is 4.79. The van der Waals surface area contributed by atoms with Crippen molar-refractivity contribution >= 4 is 25.0 Å². The Bertz CT molecular complexity index is 1090. The fourth-order valence-corrected chi connectivity index (χ4v) is 4.28. The Hall–Kier alpha value is -3.77. The van der Waals surface area contributed by atoms with Crippen LogP contribution in [0.1, 0.15) is 0 Å². The molecule has 0 fully saturated rings. The van der Waals surface area contributed by atoms with Crippen LogP contribution in [0.15, 0.2) is 89.3 Å². The fourth-order valence-electron chi connectivity index (χ4n) is 2.73. The number of ether oxygens (including phenoxy) is 1. The molecule has 0 spiro atoms. The van der Waals surface area contributed by atoms with Crippen LogP contribution in [-0.2, 0) is 4.57 Å². The number of anilines is 3. The lowest BCUT2D eigenvalue weighted by molar-refractivity contribution is 0.415. The maximum Gasteiger partial charge on any atom is 0.356 e. The van der Waals surface area contributed by atoms with Crippen molar-refractivity contribution in [1.82, 2.24) is 10.2 Å². The van der Waals surface area contributed by atoms with Crippen molar-refractivity contribution in [3.05, 3.63) is 84.9 Å². The molecule has 3 N–H and O–H groups in total. The summed E-state index contributed by atoms with van der Waals surface area (Å²) in [5.74, 6) is 1.02. The van der Waals surface area contributed by atoms with Gasteiger partial charge in [-0.3, -0.25) is 9.65 Å². The Morgan fingerprint density at radius 2 is 1.33 bits per heavy atom. The van der Waals surface area contributed by atoms with Crippen LogP contribution in [0.3, 0.4) is 0 Å². The van der Waals surface area contributed by atoms with Crippen LogP contribution in [0.4, 0.5) is 17.4 Å². The number of para-hydroxylation sites is 2. The molecular formula is C21H20N5O3P. The van der Waals surface area contributed by atoms with E-state index in [9.17, 15) is 4.57 Å². The molecule has 4 rings (SSSR count). The monoisotopic (exact) mass is 421 g/mol. The van der Waals surface area contributed by atoms with Crippen LogP contribution < -0.4 is 20.0 Å². The molecule has 0 amide bonds. The minimum absolute atomic E-state index is 0.0241. The van der Waals surface area contributed by atoms with E-state index in [1.54, 1.807) is 31.4 Å². The highest BCUT2D eigenvalue weighted by Crippen LogP contribution is 2.45. The quantitative estimate of drug-likeness (QED) is 0.321. The number of methoxy groups -OCH3 is 1. The standard InChI is InChI=1S/C21H20N5O3P/c1-28-19-14-12-16(13-15-19)20-22-23-21(29-20)26-30(27,24-17-8-4-2-5-9-17)25-18-10-6-3-7-11-18/h2-15H,1H3,(H3,23,24,25,26,27). The third-order valence-corrected chi connectivity index (χ3v) is 5.79. The van der Waals surface area contributed by atoms with Gasteiger partial charge in [-0.15, -0.1) is 5.10 Å². The number of nitrogens with one attached hydrogen (secondary N) is 3. The topological polar surface area (TPSA) is 101 Å². The van der Waals surface area contributed by atoms with Crippen molar-refractivity contribution in [2.45, 2.75) is 0 Å². The molecule has 0 aliphatic heterocycles. The molecule has 0 aliphatic rings. The average molecular weight is 421 g/mol. The normalized spacial score (nSPS) is 11.0. The highest BCUT2D eigenvalue weighted by molar-refractivity contribution is 7.68. The summed E-state index contributed by atoms with van der Waals surface area (Å²) in [6.45, 7) is 0. The zero-order chi connectivity index (χ0) is 20.8. The number of rotatable bonds is 8. The van der Waals surface area contributed by atoms with Gasteiger partial charge in [0.1, 0.15) is 5.75 Å². The zero-order valence-electron chi connectivity index (χ0n) is 16.1. The third-order valence-electron chi connectivity index (χ3n) is 4.14. The van der Waals surface area contributed by atoms with Gasteiger partial charge in [-0.25, -0.2) is 0 Å². The van der Waals surface area contributed by atoms with Crippen molar-refractivity contribution in [3.63, 3.8) is 0 Å². The van der Waals surface area contributed by atoms with E-state index in [4.69, 9.17) is 9.15 Å². The number of hydrogen-bond acceptors (Lipinski definition) is 5. The van der Waals surface area contributed by atoms with Crippen molar-refractivity contribution in [3.8, 4) is 17.2 Å². The summed E-state index contributed by atoms with van der Waals surface area (Å²) >= 11 is 0. The van der Waals surface area contributed by atoms with Crippen LogP contribution in [-0.4, -0.2) is 17.3 Å². The average Bonchev–Trinajstić information content (AvgIpc) is 3.23. The number of aromatic nitrogens is 2. The maximum absolute atomic E-state index is 13.7. The second-order valence-electron chi connectivity index (χ2n) is 6.32. The molecule has 1 heterocycles. The molecule has 8 nitrogen and oxygen atoms in total. The van der Waals surface area contributed by atoms with Gasteiger partial charge in [0.05, 0.1) is 7.11 Å². The lowest BCUT2D eigenvalue weighted by atomic mass is 10.2. The predicted octanol–water partition coefficient (Wildman–Crippen LogP) is 5.49. The minimum Gasteiger partial charge on any atom is -0.497 e. The first-order valence-corrected chi connectivity index (χ1v) is 10.9. The van der Waals surface area contributed by atoms with E-state index >= 15 is 0 Å². The molecule has 9 heteroatoms. The summed E-state index contributed by atoms with van der Waals surface area (Å²) in [6, 6.07) is 25.7. The van der Waals surface area contributed by atoms with Gasteiger partial charge in [0, 0.05) is 16.9 Å². The van der Waals surface area contributed by atoms with E-state index in [0.29, 0.717) is 17.3 Å². The van der Waals surface area contributed by atoms with Gasteiger partial charge in [0.25, 0.3) is 0 Å². The van der Waals surface area contributed by atoms with Gasteiger partial charge in [-0.2, -0.15) is 0 Å². The molecule has 3 aromatic carbocycles. The van der Waals surface area contributed by atoms with Crippen LogP contribution in [0.25, 0.3) is 11.5 Å². The van der Waals surface area contributed by atoms with Gasteiger partial charge >= 0.3 is 13.6 Å². The second kappa shape index (κ2) is 8.71. The fraction of sp³-hybridized carbons (Fsp3) is 0.0476. The Kier molecular flexibility index (Phi) is 5.68. The first-order valence-electron chi connectivity index (χ1n) is 9.16. The van der Waals surface area contributed by atoms with Crippen molar-refractivity contribution in [1.29, 1.82) is 0 Å². The molecule has 0 saturated heterocycles. The molecule has 0 radical (unpaired) electrons. The lowest BCUT2D eigenvalue weighted by Gasteiger charge is -2.22. The van der Waals surface area contributed by atoms with E-state index in [1.165, 1.54) is 0 Å². The maximum atomic E-state index is 13.7. The number of benzene rings is 3. The van der Waals surface area contributed by atoms with Crippen LogP contribution in [0.5, 0.6) is 5.75 Å². The molecule has 1 aromatic heterocycles. The van der Waals surface area contributed by atoms with Gasteiger partial charge in [-0.05, 0) is 48.5 Å². The Labute approximate surface area is 173 Å². The first kappa shape index (κ1) is 19.5. The van der Waals surface area contributed by atoms with Crippen molar-refractivity contribution < 1.29 is 13.7 Å². The second-order valence-corrected chi connectivity index (χ2v) is 8.21. The van der Waals surface area contributed by atoms with E-state index in [-0.39, 0.29) is 6.01 Å². The van der Waals surface area contributed by atoms with Gasteiger partial charge in [-0.1, -0.05) is 41.5 Å². The molecule has 0 atom stereocenters. The highest BCUT2D eigenvalue weighted by atomic mass is 31.2. The van der Waals surface area contributed by atoms with Gasteiger partial charge in [0.2, 0.25) is 5.89 Å². The Balaban J connectivity index is 1.58. The molecular weight excluding hydrogens is 401 g/mol. The van der Waals surface area contributed by atoms with E-state index < -0.39 is 7.59 Å². The summed E-state index contributed by atoms with van der Waals surface area (Å²) in [5, 5.41) is 16.9. The summed E-state index contributed by atoms with van der Waals surface area (Å²) in [7, 11) is -1.84. The van der Waals surface area contributed by atoms with Crippen molar-refractivity contribution in [2.75, 3.05) is 22.4 Å². The van der Waals surface area contributed by atoms with E-state index in [1.807, 2.05) is 60.7 Å². The van der Waals surface area contributed by atoms with E-state index in [2.05, 4.69) is 25.5 Å². The summed E-state index contributed by atoms with van der Waals surface area (Å²) in [5.41, 5.74) is 2.07. The minimum atomic E-state index is -3.44. The molecule has 0 saturated carbocycles. The molecule has 4 aromatic rings. The zero-order valence-corrected chi connectivity index (χ0v) is 17.0. The van der Waals surface area contributed by atoms with E-state index in [0.717, 1.165) is 11.3 Å². The van der Waals surface area contributed by atoms with Gasteiger partial charge < -0.3 is 19.3 Å². The largest absolute Gasteiger partial charge is 0.497 e. The SMILES string of the molecule is COc1ccc(-c2nnc(NP(=O)(Nc3ccccc3)Nc3ccccc3)o2)cc1. The van der Waals surface area contributed by atoms with Crippen LogP contribution in [0, 0.1) is 0 Å². The Morgan fingerprint density at radius 3 is 1.87 bits per heavy atom. The number of hydrogen-bond donors (Lipinski definition) is 3. The van der Waals surface area contributed by atoms with Gasteiger partial charge in [0.15, 0.2) is 0 Å². The van der Waals surface area contributed by atoms with Crippen LogP contribution in [0.2, 0.25) is 0 Å².